The summed E-state index contributed by atoms with van der Waals surface area (Å²) >= 11 is 1.03. The quantitative estimate of drug-likeness (QED) is 0.560. The molecule has 0 bridgehead atoms. The van der Waals surface area contributed by atoms with Crippen LogP contribution < -0.4 is 11.1 Å². The summed E-state index contributed by atoms with van der Waals surface area (Å²) in [4.78, 5) is 34.2. The summed E-state index contributed by atoms with van der Waals surface area (Å²) in [6, 6.07) is 0. The van der Waals surface area contributed by atoms with Crippen LogP contribution in [0.2, 0.25) is 0 Å². The summed E-state index contributed by atoms with van der Waals surface area (Å²) in [7, 11) is 0. The molecule has 1 aliphatic rings. The zero-order valence-electron chi connectivity index (χ0n) is 12.9. The fraction of sp³-hybridized carbons (Fsp3) is 0.769. The average Bonchev–Trinajstić information content (AvgIpc) is 2.65. The molecule has 0 aromatic heterocycles. The molecule has 1 unspecified atom stereocenters. The van der Waals surface area contributed by atoms with E-state index in [1.165, 1.54) is 0 Å². The Morgan fingerprint density at radius 1 is 1.24 bits per heavy atom. The van der Waals surface area contributed by atoms with Crippen molar-refractivity contribution in [3.63, 3.8) is 0 Å². The van der Waals surface area contributed by atoms with Crippen molar-refractivity contribution < 1.29 is 23.9 Å². The first-order valence-corrected chi connectivity index (χ1v) is 7.76. The minimum atomic E-state index is -1.60. The average molecular weight is 318 g/mol. The van der Waals surface area contributed by atoms with Gasteiger partial charge in [-0.1, -0.05) is 0 Å². The molecule has 3 N–H and O–H groups in total. The van der Waals surface area contributed by atoms with Crippen molar-refractivity contribution in [1.82, 2.24) is 5.32 Å². The third-order valence-electron chi connectivity index (χ3n) is 3.11. The second-order valence-electron chi connectivity index (χ2n) is 5.92. The normalized spacial score (nSPS) is 29.0. The van der Waals surface area contributed by atoms with Gasteiger partial charge in [0.15, 0.2) is 10.4 Å². The maximum atomic E-state index is 12.5. The fourth-order valence-electron chi connectivity index (χ4n) is 2.18. The zero-order chi connectivity index (χ0) is 16.5. The predicted molar refractivity (Wildman–Crippen MR) is 78.4 cm³/mol. The Hall–Kier alpha value is -1.12. The third-order valence-corrected chi connectivity index (χ3v) is 4.40. The van der Waals surface area contributed by atoms with E-state index in [9.17, 15) is 14.4 Å². The lowest BCUT2D eigenvalue weighted by atomic mass is 9.90. The lowest BCUT2D eigenvalue weighted by Gasteiger charge is -2.38. The van der Waals surface area contributed by atoms with Gasteiger partial charge in [0.25, 0.3) is 0 Å². The van der Waals surface area contributed by atoms with E-state index in [2.05, 4.69) is 10.1 Å². The van der Waals surface area contributed by atoms with Crippen LogP contribution in [-0.4, -0.2) is 46.7 Å². The number of nitrogens with two attached hydrogens (primary N) is 1. The van der Waals surface area contributed by atoms with Crippen LogP contribution in [0.25, 0.3) is 0 Å². The highest BCUT2D eigenvalue weighted by Crippen LogP contribution is 2.40. The number of carbonyl (C=O) groups is 3. The fourth-order valence-corrected chi connectivity index (χ4v) is 3.18. The summed E-state index contributed by atoms with van der Waals surface area (Å²) < 4.78 is 9.98. The molecule has 8 heteroatoms. The monoisotopic (exact) mass is 318 g/mol. The van der Waals surface area contributed by atoms with Gasteiger partial charge in [-0.15, -0.1) is 11.8 Å². The first-order valence-electron chi connectivity index (χ1n) is 6.54. The molecule has 1 aliphatic heterocycles. The number of rotatable bonds is 3. The van der Waals surface area contributed by atoms with Crippen LogP contribution in [0.1, 0.15) is 34.1 Å². The molecule has 0 saturated carbocycles. The molecule has 7 nitrogen and oxygen atoms in total. The van der Waals surface area contributed by atoms with Crippen LogP contribution >= 0.6 is 11.8 Å². The van der Waals surface area contributed by atoms with E-state index in [4.69, 9.17) is 10.5 Å². The Bertz CT molecular complexity index is 462. The molecule has 0 amide bonds. The minimum absolute atomic E-state index is 0.204. The van der Waals surface area contributed by atoms with Crippen LogP contribution in [0.3, 0.4) is 0 Å². The number of hydrogen-bond acceptors (Lipinski definition) is 8. The van der Waals surface area contributed by atoms with Crippen molar-refractivity contribution >= 4 is 29.7 Å². The second-order valence-corrected chi connectivity index (χ2v) is 6.94. The van der Waals surface area contributed by atoms with E-state index >= 15 is 0 Å². The first-order chi connectivity index (χ1) is 9.48. The topological polar surface area (TPSA) is 108 Å². The molecule has 1 rings (SSSR count). The summed E-state index contributed by atoms with van der Waals surface area (Å²) in [6.45, 7) is 6.60. The molecule has 1 heterocycles. The van der Waals surface area contributed by atoms with Gasteiger partial charge < -0.3 is 15.2 Å². The predicted octanol–water partition coefficient (Wildman–Crippen LogP) is 0.168. The van der Waals surface area contributed by atoms with Gasteiger partial charge in [0.1, 0.15) is 5.60 Å². The Balaban J connectivity index is 3.16. The zero-order valence-corrected chi connectivity index (χ0v) is 13.8. The van der Waals surface area contributed by atoms with Crippen molar-refractivity contribution in [1.29, 1.82) is 0 Å². The number of thioether (sulfide) groups is 1. The number of carbonyl (C=O) groups excluding carboxylic acids is 3. The SMILES string of the molecule is CS[C@]1(C(=O)OC(C)=O)NCCC1(N)C(=O)OC(C)(C)C. The van der Waals surface area contributed by atoms with Crippen molar-refractivity contribution in [2.75, 3.05) is 12.8 Å². The molecular formula is C13H22N2O5S. The molecular weight excluding hydrogens is 296 g/mol. The standard InChI is InChI=1S/C13H22N2O5S/c1-8(16)19-10(18)13(21-5)12(14,6-7-15-13)9(17)20-11(2,3)4/h15H,6-7,14H2,1-5H3/t12?,13-/m0/s1. The van der Waals surface area contributed by atoms with Gasteiger partial charge in [-0.3, -0.25) is 10.1 Å². The second kappa shape index (κ2) is 5.94. The first kappa shape index (κ1) is 17.9. The molecule has 0 radical (unpaired) electrons. The van der Waals surface area contributed by atoms with Gasteiger partial charge in [-0.05, 0) is 40.0 Å². The Kier molecular flexibility index (Phi) is 5.07. The van der Waals surface area contributed by atoms with Gasteiger partial charge in [0, 0.05) is 6.92 Å². The molecule has 0 spiro atoms. The molecule has 0 aromatic carbocycles. The van der Waals surface area contributed by atoms with E-state index in [-0.39, 0.29) is 6.42 Å². The van der Waals surface area contributed by atoms with Gasteiger partial charge in [0.2, 0.25) is 0 Å². The summed E-state index contributed by atoms with van der Waals surface area (Å²) in [5.74, 6) is -2.34. The van der Waals surface area contributed by atoms with E-state index in [1.54, 1.807) is 27.0 Å². The highest BCUT2D eigenvalue weighted by atomic mass is 32.2. The van der Waals surface area contributed by atoms with Crippen molar-refractivity contribution in [2.24, 2.45) is 5.73 Å². The third kappa shape index (κ3) is 3.38. The highest BCUT2D eigenvalue weighted by molar-refractivity contribution is 8.00. The van der Waals surface area contributed by atoms with E-state index in [0.717, 1.165) is 18.7 Å². The highest BCUT2D eigenvalue weighted by Gasteiger charge is 2.64. The molecule has 120 valence electrons. The summed E-state index contributed by atoms with van der Waals surface area (Å²) in [5, 5.41) is 2.89. The largest absolute Gasteiger partial charge is 0.459 e. The molecule has 0 aliphatic carbocycles. The molecule has 0 aromatic rings. The van der Waals surface area contributed by atoms with Crippen LogP contribution in [0.15, 0.2) is 0 Å². The van der Waals surface area contributed by atoms with E-state index in [1.807, 2.05) is 0 Å². The van der Waals surface area contributed by atoms with Crippen molar-refractivity contribution in [3.05, 3.63) is 0 Å². The van der Waals surface area contributed by atoms with Crippen LogP contribution in [-0.2, 0) is 23.9 Å². The van der Waals surface area contributed by atoms with Crippen LogP contribution in [0.5, 0.6) is 0 Å². The van der Waals surface area contributed by atoms with E-state index < -0.39 is 33.9 Å². The lowest BCUT2D eigenvalue weighted by Crippen LogP contribution is -2.69. The van der Waals surface area contributed by atoms with Crippen LogP contribution in [0.4, 0.5) is 0 Å². The molecule has 1 fully saturated rings. The summed E-state index contributed by atoms with van der Waals surface area (Å²) in [6.07, 6.45) is 1.82. The minimum Gasteiger partial charge on any atom is -0.459 e. The van der Waals surface area contributed by atoms with Crippen LogP contribution in [0, 0.1) is 0 Å². The van der Waals surface area contributed by atoms with E-state index in [0.29, 0.717) is 6.54 Å². The van der Waals surface area contributed by atoms with Crippen molar-refractivity contribution in [2.45, 2.75) is 50.1 Å². The van der Waals surface area contributed by atoms with Gasteiger partial charge in [-0.25, -0.2) is 9.59 Å². The summed E-state index contributed by atoms with van der Waals surface area (Å²) in [5.41, 5.74) is 3.87. The Morgan fingerprint density at radius 3 is 2.24 bits per heavy atom. The number of esters is 3. The molecule has 2 atom stereocenters. The van der Waals surface area contributed by atoms with Gasteiger partial charge in [0.05, 0.1) is 0 Å². The number of ether oxygens (including phenoxy) is 2. The number of nitrogens with one attached hydrogen (secondary N) is 1. The number of hydrogen-bond donors (Lipinski definition) is 2. The molecule has 1 saturated heterocycles. The maximum Gasteiger partial charge on any atom is 0.347 e. The van der Waals surface area contributed by atoms with Crippen molar-refractivity contribution in [3.8, 4) is 0 Å². The van der Waals surface area contributed by atoms with Gasteiger partial charge in [-0.2, -0.15) is 0 Å². The lowest BCUT2D eigenvalue weighted by molar-refractivity contribution is -0.170. The molecule has 21 heavy (non-hydrogen) atoms. The maximum absolute atomic E-state index is 12.5. The Labute approximate surface area is 128 Å². The smallest absolute Gasteiger partial charge is 0.347 e. The Morgan fingerprint density at radius 2 is 1.81 bits per heavy atom. The van der Waals surface area contributed by atoms with Gasteiger partial charge >= 0.3 is 17.9 Å².